The molecule has 0 radical (unpaired) electrons. The lowest BCUT2D eigenvalue weighted by Gasteiger charge is -2.11. The molecule has 0 saturated carbocycles. The molecule has 0 atom stereocenters. The second-order valence-electron chi connectivity index (χ2n) is 3.96. The van der Waals surface area contributed by atoms with Gasteiger partial charge in [-0.1, -0.05) is 12.1 Å². The first-order valence-electron chi connectivity index (χ1n) is 5.35. The van der Waals surface area contributed by atoms with E-state index in [1.807, 2.05) is 0 Å². The topological polar surface area (TPSA) is 81.0 Å². The third kappa shape index (κ3) is 1.41. The molecule has 2 aromatic rings. The minimum atomic E-state index is -0.307. The molecule has 0 fully saturated rings. The van der Waals surface area contributed by atoms with Gasteiger partial charge in [-0.25, -0.2) is 4.68 Å². The van der Waals surface area contributed by atoms with E-state index >= 15 is 0 Å². The highest BCUT2D eigenvalue weighted by Gasteiger charge is 2.35. The van der Waals surface area contributed by atoms with Gasteiger partial charge in [-0.2, -0.15) is 0 Å². The summed E-state index contributed by atoms with van der Waals surface area (Å²) in [4.78, 5) is 25.3. The minimum absolute atomic E-state index is 0.0792. The maximum Gasteiger partial charge on any atom is 0.261 e. The van der Waals surface area contributed by atoms with Crippen LogP contribution in [0.4, 0.5) is 0 Å². The van der Waals surface area contributed by atoms with Gasteiger partial charge in [-0.3, -0.25) is 14.5 Å². The Hall–Kier alpha value is -2.57. The molecule has 0 unspecified atom stereocenters. The molecule has 1 aliphatic heterocycles. The summed E-state index contributed by atoms with van der Waals surface area (Å²) in [5, 5.41) is 10.9. The van der Waals surface area contributed by atoms with E-state index in [4.69, 9.17) is 0 Å². The molecule has 1 aromatic carbocycles. The highest BCUT2D eigenvalue weighted by atomic mass is 16.2. The van der Waals surface area contributed by atoms with E-state index in [2.05, 4.69) is 15.5 Å². The van der Waals surface area contributed by atoms with Crippen LogP contribution in [0.25, 0.3) is 0 Å². The van der Waals surface area contributed by atoms with Crippen LogP contribution in [-0.4, -0.2) is 36.9 Å². The number of carbonyl (C=O) groups excluding carboxylic acids is 2. The van der Waals surface area contributed by atoms with Crippen molar-refractivity contribution in [3.05, 3.63) is 41.2 Å². The molecule has 7 heteroatoms. The predicted molar refractivity (Wildman–Crippen MR) is 59.4 cm³/mol. The van der Waals surface area contributed by atoms with Gasteiger partial charge in [-0.15, -0.1) is 5.10 Å². The molecule has 0 spiro atoms. The first-order chi connectivity index (χ1) is 8.68. The molecule has 2 amide bonds. The Bertz CT molecular complexity index is 613. The first kappa shape index (κ1) is 10.6. The van der Waals surface area contributed by atoms with Gasteiger partial charge in [0.25, 0.3) is 11.8 Å². The van der Waals surface area contributed by atoms with Crippen LogP contribution >= 0.6 is 0 Å². The van der Waals surface area contributed by atoms with Crippen molar-refractivity contribution in [3.63, 3.8) is 0 Å². The second-order valence-corrected chi connectivity index (χ2v) is 3.96. The zero-order valence-corrected chi connectivity index (χ0v) is 9.57. The van der Waals surface area contributed by atoms with E-state index in [-0.39, 0.29) is 18.4 Å². The molecule has 90 valence electrons. The third-order valence-corrected chi connectivity index (χ3v) is 2.89. The summed E-state index contributed by atoms with van der Waals surface area (Å²) in [6.45, 7) is 0.0792. The number of benzene rings is 1. The number of rotatable bonds is 2. The van der Waals surface area contributed by atoms with Crippen molar-refractivity contribution in [2.45, 2.75) is 6.54 Å². The monoisotopic (exact) mass is 243 g/mol. The van der Waals surface area contributed by atoms with Gasteiger partial charge in [0.05, 0.1) is 17.7 Å². The van der Waals surface area contributed by atoms with E-state index in [0.717, 1.165) is 4.90 Å². The summed E-state index contributed by atoms with van der Waals surface area (Å²) in [7, 11) is 1.66. The van der Waals surface area contributed by atoms with Gasteiger partial charge in [0.1, 0.15) is 0 Å². The van der Waals surface area contributed by atoms with E-state index in [9.17, 15) is 9.59 Å². The molecule has 0 bridgehead atoms. The van der Waals surface area contributed by atoms with Crippen molar-refractivity contribution in [2.24, 2.45) is 7.05 Å². The number of fused-ring (bicyclic) bond motifs is 1. The van der Waals surface area contributed by atoms with Crippen molar-refractivity contribution < 1.29 is 9.59 Å². The Balaban J connectivity index is 1.95. The quantitative estimate of drug-likeness (QED) is 0.694. The van der Waals surface area contributed by atoms with Crippen molar-refractivity contribution in [3.8, 4) is 0 Å². The highest BCUT2D eigenvalue weighted by molar-refractivity contribution is 6.21. The molecule has 7 nitrogen and oxygen atoms in total. The number of carbonyl (C=O) groups is 2. The van der Waals surface area contributed by atoms with E-state index < -0.39 is 0 Å². The summed E-state index contributed by atoms with van der Waals surface area (Å²) in [6.07, 6.45) is 0. The van der Waals surface area contributed by atoms with Gasteiger partial charge < -0.3 is 0 Å². The van der Waals surface area contributed by atoms with Crippen LogP contribution in [0.15, 0.2) is 24.3 Å². The second kappa shape index (κ2) is 3.73. The van der Waals surface area contributed by atoms with Gasteiger partial charge >= 0.3 is 0 Å². The SMILES string of the molecule is Cn1nnnc1CN1C(=O)c2ccccc2C1=O. The Morgan fingerprint density at radius 1 is 1.11 bits per heavy atom. The number of tetrazole rings is 1. The molecule has 3 rings (SSSR count). The fraction of sp³-hybridized carbons (Fsp3) is 0.182. The molecule has 1 aromatic heterocycles. The lowest BCUT2D eigenvalue weighted by Crippen LogP contribution is -2.30. The Morgan fingerprint density at radius 3 is 2.22 bits per heavy atom. The molecule has 18 heavy (non-hydrogen) atoms. The normalized spacial score (nSPS) is 14.2. The van der Waals surface area contributed by atoms with E-state index in [0.29, 0.717) is 17.0 Å². The van der Waals surface area contributed by atoms with Crippen molar-refractivity contribution >= 4 is 11.8 Å². The highest BCUT2D eigenvalue weighted by Crippen LogP contribution is 2.23. The van der Waals surface area contributed by atoms with Crippen LogP contribution in [0, 0.1) is 0 Å². The lowest BCUT2D eigenvalue weighted by molar-refractivity contribution is 0.0636. The lowest BCUT2D eigenvalue weighted by atomic mass is 10.1. The maximum atomic E-state index is 12.1. The van der Waals surface area contributed by atoms with Crippen molar-refractivity contribution in [1.82, 2.24) is 25.1 Å². The van der Waals surface area contributed by atoms with Crippen LogP contribution < -0.4 is 0 Å². The summed E-state index contributed by atoms with van der Waals surface area (Å²) in [6, 6.07) is 6.75. The van der Waals surface area contributed by atoms with E-state index in [1.165, 1.54) is 4.68 Å². The first-order valence-corrected chi connectivity index (χ1v) is 5.35. The largest absolute Gasteiger partial charge is 0.269 e. The predicted octanol–water partition coefficient (Wildman–Crippen LogP) is 0.00630. The van der Waals surface area contributed by atoms with Crippen molar-refractivity contribution in [2.75, 3.05) is 0 Å². The van der Waals surface area contributed by atoms with E-state index in [1.54, 1.807) is 31.3 Å². The fourth-order valence-electron chi connectivity index (χ4n) is 1.91. The van der Waals surface area contributed by atoms with Crippen LogP contribution in [0.5, 0.6) is 0 Å². The summed E-state index contributed by atoms with van der Waals surface area (Å²) < 4.78 is 1.43. The smallest absolute Gasteiger partial charge is 0.261 e. The molecule has 0 saturated heterocycles. The average molecular weight is 243 g/mol. The molecular weight excluding hydrogens is 234 g/mol. The number of nitrogens with zero attached hydrogens (tertiary/aromatic N) is 5. The standard InChI is InChI=1S/C11H9N5O2/c1-15-9(12-13-14-15)6-16-10(17)7-4-2-3-5-8(7)11(16)18/h2-5H,6H2,1H3. The third-order valence-electron chi connectivity index (χ3n) is 2.89. The number of amides is 2. The number of hydrogen-bond donors (Lipinski definition) is 0. The molecular formula is C11H9N5O2. The van der Waals surface area contributed by atoms with Crippen LogP contribution in [0.2, 0.25) is 0 Å². The van der Waals surface area contributed by atoms with Gasteiger partial charge in [0.15, 0.2) is 5.82 Å². The minimum Gasteiger partial charge on any atom is -0.269 e. The summed E-state index contributed by atoms with van der Waals surface area (Å²) >= 11 is 0. The van der Waals surface area contributed by atoms with Crippen molar-refractivity contribution in [1.29, 1.82) is 0 Å². The van der Waals surface area contributed by atoms with Gasteiger partial charge in [0, 0.05) is 7.05 Å². The zero-order valence-electron chi connectivity index (χ0n) is 9.57. The number of aryl methyl sites for hydroxylation is 1. The molecule has 2 heterocycles. The summed E-state index contributed by atoms with van der Waals surface area (Å²) in [5.41, 5.74) is 0.857. The number of aromatic nitrogens is 4. The summed E-state index contributed by atoms with van der Waals surface area (Å²) in [5.74, 6) is -0.151. The van der Waals surface area contributed by atoms with Crippen LogP contribution in [-0.2, 0) is 13.6 Å². The van der Waals surface area contributed by atoms with Gasteiger partial charge in [-0.05, 0) is 22.6 Å². The number of imide groups is 1. The number of hydrogen-bond acceptors (Lipinski definition) is 5. The fourth-order valence-corrected chi connectivity index (χ4v) is 1.91. The Morgan fingerprint density at radius 2 is 1.72 bits per heavy atom. The average Bonchev–Trinajstić information content (AvgIpc) is 2.89. The van der Waals surface area contributed by atoms with Crippen LogP contribution in [0.1, 0.15) is 26.5 Å². The maximum absolute atomic E-state index is 12.1. The zero-order chi connectivity index (χ0) is 12.7. The molecule has 0 N–H and O–H groups in total. The molecule has 0 aliphatic carbocycles. The van der Waals surface area contributed by atoms with Gasteiger partial charge in [0.2, 0.25) is 0 Å². The molecule has 1 aliphatic rings. The van der Waals surface area contributed by atoms with Crippen LogP contribution in [0.3, 0.4) is 0 Å². The Kier molecular flexibility index (Phi) is 2.19. The Labute approximate surface area is 102 Å².